The van der Waals surface area contributed by atoms with Crippen molar-refractivity contribution in [1.29, 1.82) is 0 Å². The van der Waals surface area contributed by atoms with Gasteiger partial charge >= 0.3 is 0 Å². The summed E-state index contributed by atoms with van der Waals surface area (Å²) in [6.07, 6.45) is 4.72. The molecule has 0 radical (unpaired) electrons. The van der Waals surface area contributed by atoms with Crippen LogP contribution >= 0.6 is 23.5 Å². The van der Waals surface area contributed by atoms with Crippen LogP contribution in [-0.4, -0.2) is 45.8 Å². The smallest absolute Gasteiger partial charge is 0.233 e. The first-order chi connectivity index (χ1) is 8.31. The van der Waals surface area contributed by atoms with Crippen LogP contribution in [0.4, 0.5) is 0 Å². The molecule has 0 aromatic rings. The quantitative estimate of drug-likeness (QED) is 0.791. The van der Waals surface area contributed by atoms with Crippen molar-refractivity contribution in [2.45, 2.75) is 38.6 Å². The van der Waals surface area contributed by atoms with Crippen molar-refractivity contribution < 1.29 is 4.79 Å². The van der Waals surface area contributed by atoms with Crippen LogP contribution in [0.25, 0.3) is 0 Å². The van der Waals surface area contributed by atoms with Crippen LogP contribution in [0.5, 0.6) is 0 Å². The van der Waals surface area contributed by atoms with Gasteiger partial charge in [0.15, 0.2) is 0 Å². The molecule has 96 valence electrons. The average Bonchev–Trinajstić information content (AvgIpc) is 2.89. The van der Waals surface area contributed by atoms with Gasteiger partial charge in [0, 0.05) is 18.3 Å². The first-order valence-corrected chi connectivity index (χ1v) is 8.38. The highest BCUT2D eigenvalue weighted by Crippen LogP contribution is 2.24. The molecule has 2 rings (SSSR count). The second kappa shape index (κ2) is 6.69. The van der Waals surface area contributed by atoms with Gasteiger partial charge < -0.3 is 4.90 Å². The van der Waals surface area contributed by atoms with E-state index in [-0.39, 0.29) is 0 Å². The minimum Gasteiger partial charge on any atom is -0.339 e. The predicted octanol–water partition coefficient (Wildman–Crippen LogP) is 2.61. The Morgan fingerprint density at radius 1 is 1.59 bits per heavy atom. The van der Waals surface area contributed by atoms with Gasteiger partial charge in [0.1, 0.15) is 4.38 Å². The fourth-order valence-electron chi connectivity index (χ4n) is 2.36. The molecule has 2 heterocycles. The number of amides is 1. The molecule has 3 nitrogen and oxygen atoms in total. The van der Waals surface area contributed by atoms with Crippen LogP contribution in [0.2, 0.25) is 0 Å². The normalized spacial score (nSPS) is 24.9. The maximum Gasteiger partial charge on any atom is 0.233 e. The van der Waals surface area contributed by atoms with E-state index in [0.29, 0.717) is 17.7 Å². The summed E-state index contributed by atoms with van der Waals surface area (Å²) in [5.41, 5.74) is 0. The number of carbonyl (C=O) groups excluding carboxylic acids is 1. The zero-order valence-corrected chi connectivity index (χ0v) is 12.0. The number of thioether (sulfide) groups is 2. The van der Waals surface area contributed by atoms with Gasteiger partial charge in [-0.3, -0.25) is 9.79 Å². The highest BCUT2D eigenvalue weighted by molar-refractivity contribution is 8.39. The van der Waals surface area contributed by atoms with E-state index in [9.17, 15) is 4.79 Å². The molecule has 1 unspecified atom stereocenters. The van der Waals surface area contributed by atoms with Crippen molar-refractivity contribution in [3.63, 3.8) is 0 Å². The van der Waals surface area contributed by atoms with Gasteiger partial charge in [0.25, 0.3) is 0 Å². The molecule has 2 aliphatic rings. The SMILES string of the molecule is CCC1CCCCN1C(=O)CSC1=NCCS1. The predicted molar refractivity (Wildman–Crippen MR) is 76.9 cm³/mol. The van der Waals surface area contributed by atoms with Crippen LogP contribution in [-0.2, 0) is 4.79 Å². The number of likely N-dealkylation sites (tertiary alicyclic amines) is 1. The Morgan fingerprint density at radius 3 is 3.18 bits per heavy atom. The zero-order chi connectivity index (χ0) is 12.1. The molecule has 1 amide bonds. The second-order valence-electron chi connectivity index (χ2n) is 4.43. The fourth-order valence-corrected chi connectivity index (χ4v) is 4.26. The molecule has 17 heavy (non-hydrogen) atoms. The zero-order valence-electron chi connectivity index (χ0n) is 10.4. The molecule has 0 N–H and O–H groups in total. The lowest BCUT2D eigenvalue weighted by Crippen LogP contribution is -2.44. The highest BCUT2D eigenvalue weighted by Gasteiger charge is 2.25. The van der Waals surface area contributed by atoms with Crippen molar-refractivity contribution >= 4 is 33.8 Å². The van der Waals surface area contributed by atoms with Gasteiger partial charge in [-0.2, -0.15) is 0 Å². The van der Waals surface area contributed by atoms with Crippen molar-refractivity contribution in [3.8, 4) is 0 Å². The molecule has 0 bridgehead atoms. The second-order valence-corrected chi connectivity index (χ2v) is 6.74. The molecule has 1 fully saturated rings. The van der Waals surface area contributed by atoms with Gasteiger partial charge in [0.2, 0.25) is 5.91 Å². The summed E-state index contributed by atoms with van der Waals surface area (Å²) in [5.74, 6) is 1.96. The molecule has 2 aliphatic heterocycles. The molecular formula is C12H20N2OS2. The number of carbonyl (C=O) groups is 1. The van der Waals surface area contributed by atoms with Gasteiger partial charge in [-0.25, -0.2) is 0 Å². The summed E-state index contributed by atoms with van der Waals surface area (Å²) < 4.78 is 1.10. The van der Waals surface area contributed by atoms with Crippen molar-refractivity contribution in [3.05, 3.63) is 0 Å². The number of aliphatic imine (C=N–C) groups is 1. The highest BCUT2D eigenvalue weighted by atomic mass is 32.2. The van der Waals surface area contributed by atoms with Crippen LogP contribution < -0.4 is 0 Å². The summed E-state index contributed by atoms with van der Waals surface area (Å²) in [6, 6.07) is 0.481. The first kappa shape index (κ1) is 13.3. The van der Waals surface area contributed by atoms with E-state index in [1.807, 2.05) is 0 Å². The molecule has 0 aliphatic carbocycles. The molecule has 1 atom stereocenters. The van der Waals surface area contributed by atoms with E-state index in [4.69, 9.17) is 0 Å². The lowest BCUT2D eigenvalue weighted by molar-refractivity contribution is -0.132. The Labute approximate surface area is 112 Å². The summed E-state index contributed by atoms with van der Waals surface area (Å²) in [5, 5.41) is 0. The van der Waals surface area contributed by atoms with E-state index in [2.05, 4.69) is 16.8 Å². The first-order valence-electron chi connectivity index (χ1n) is 6.40. The van der Waals surface area contributed by atoms with Gasteiger partial charge in [-0.1, -0.05) is 30.4 Å². The average molecular weight is 272 g/mol. The van der Waals surface area contributed by atoms with Gasteiger partial charge in [-0.05, 0) is 25.7 Å². The van der Waals surface area contributed by atoms with Crippen molar-refractivity contribution in [1.82, 2.24) is 4.90 Å². The van der Waals surface area contributed by atoms with Crippen molar-refractivity contribution in [2.24, 2.45) is 4.99 Å². The number of rotatable bonds is 3. The van der Waals surface area contributed by atoms with E-state index >= 15 is 0 Å². The lowest BCUT2D eigenvalue weighted by atomic mass is 10.0. The molecule has 0 saturated carbocycles. The molecule has 0 spiro atoms. The molecular weight excluding hydrogens is 252 g/mol. The topological polar surface area (TPSA) is 32.7 Å². The number of hydrogen-bond acceptors (Lipinski definition) is 4. The summed E-state index contributed by atoms with van der Waals surface area (Å²) >= 11 is 3.40. The van der Waals surface area contributed by atoms with E-state index in [0.717, 1.165) is 29.6 Å². The third kappa shape index (κ3) is 3.65. The Hall–Kier alpha value is -0.160. The summed E-state index contributed by atoms with van der Waals surface area (Å²) in [6.45, 7) is 4.06. The van der Waals surface area contributed by atoms with Crippen LogP contribution in [0.3, 0.4) is 0 Å². The fraction of sp³-hybridized carbons (Fsp3) is 0.833. The molecule has 1 saturated heterocycles. The minimum atomic E-state index is 0.303. The van der Waals surface area contributed by atoms with Gasteiger partial charge in [0.05, 0.1) is 12.3 Å². The Morgan fingerprint density at radius 2 is 2.47 bits per heavy atom. The molecule has 0 aromatic carbocycles. The summed E-state index contributed by atoms with van der Waals surface area (Å²) in [7, 11) is 0. The largest absolute Gasteiger partial charge is 0.339 e. The number of piperidine rings is 1. The molecule has 0 aromatic heterocycles. The van der Waals surface area contributed by atoms with E-state index in [1.165, 1.54) is 19.3 Å². The standard InChI is InChI=1S/C12H20N2OS2/c1-2-10-5-3-4-7-14(10)11(15)9-17-12-13-6-8-16-12/h10H,2-9H2,1H3. The number of nitrogens with zero attached hydrogens (tertiary/aromatic N) is 2. The maximum absolute atomic E-state index is 12.2. The Balaban J connectivity index is 1.81. The lowest BCUT2D eigenvalue weighted by Gasteiger charge is -2.35. The Bertz CT molecular complexity index is 307. The number of hydrogen-bond donors (Lipinski definition) is 0. The minimum absolute atomic E-state index is 0.303. The summed E-state index contributed by atoms with van der Waals surface area (Å²) in [4.78, 5) is 18.6. The molecule has 5 heteroatoms. The third-order valence-electron chi connectivity index (χ3n) is 3.30. The Kier molecular flexibility index (Phi) is 5.22. The maximum atomic E-state index is 12.2. The monoisotopic (exact) mass is 272 g/mol. The van der Waals surface area contributed by atoms with E-state index < -0.39 is 0 Å². The van der Waals surface area contributed by atoms with Crippen LogP contribution in [0.1, 0.15) is 32.6 Å². The van der Waals surface area contributed by atoms with Gasteiger partial charge in [-0.15, -0.1) is 0 Å². The van der Waals surface area contributed by atoms with Crippen LogP contribution in [0, 0.1) is 0 Å². The van der Waals surface area contributed by atoms with Crippen molar-refractivity contribution in [2.75, 3.05) is 24.6 Å². The third-order valence-corrected chi connectivity index (χ3v) is 5.53. The van der Waals surface area contributed by atoms with Crippen LogP contribution in [0.15, 0.2) is 4.99 Å². The van der Waals surface area contributed by atoms with E-state index in [1.54, 1.807) is 23.5 Å².